The number of anilines is 1. The molecular weight excluding hydrogens is 374 g/mol. The number of fused-ring (bicyclic) bond motifs is 1. The summed E-state index contributed by atoms with van der Waals surface area (Å²) in [7, 11) is 1.63. The molecule has 2 atom stereocenters. The third-order valence-electron chi connectivity index (χ3n) is 5.12. The summed E-state index contributed by atoms with van der Waals surface area (Å²) in [6.45, 7) is 2.21. The van der Waals surface area contributed by atoms with Crippen LogP contribution in [0, 0.1) is 5.92 Å². The molecule has 3 heterocycles. The van der Waals surface area contributed by atoms with Crippen molar-refractivity contribution in [2.24, 2.45) is 5.92 Å². The Hall–Kier alpha value is -2.75. The van der Waals surface area contributed by atoms with Gasteiger partial charge in [-0.15, -0.1) is 0 Å². The van der Waals surface area contributed by atoms with Crippen LogP contribution in [0.2, 0.25) is 0 Å². The average Bonchev–Trinajstić information content (AvgIpc) is 3.19. The summed E-state index contributed by atoms with van der Waals surface area (Å²) >= 11 is 0. The molecule has 0 bridgehead atoms. The van der Waals surface area contributed by atoms with Crippen molar-refractivity contribution in [3.63, 3.8) is 0 Å². The number of rotatable bonds is 7. The number of aromatic amines is 1. The number of nitrogens with one attached hydrogen (secondary N) is 1. The Morgan fingerprint density at radius 3 is 2.83 bits per heavy atom. The number of H-pyrrole nitrogens is 1. The minimum atomic E-state index is -0.241. The fraction of sp³-hybridized carbons (Fsp3) is 0.450. The number of hydrogen-bond donors (Lipinski definition) is 2. The second-order valence-corrected chi connectivity index (χ2v) is 7.19. The molecule has 1 aromatic carbocycles. The molecule has 2 unspecified atom stereocenters. The number of benzene rings is 1. The van der Waals surface area contributed by atoms with Crippen LogP contribution in [0.3, 0.4) is 0 Å². The van der Waals surface area contributed by atoms with Crippen molar-refractivity contribution in [3.05, 3.63) is 46.9 Å². The van der Waals surface area contributed by atoms with E-state index in [9.17, 15) is 9.90 Å². The van der Waals surface area contributed by atoms with Gasteiger partial charge in [-0.1, -0.05) is 18.2 Å². The number of aliphatic hydroxyl groups is 1. The van der Waals surface area contributed by atoms with Crippen LogP contribution in [0.5, 0.6) is 0 Å². The van der Waals surface area contributed by atoms with Crippen LogP contribution in [0.4, 0.5) is 5.95 Å². The number of methoxy groups -OCH3 is 1. The molecule has 154 valence electrons. The normalized spacial score (nSPS) is 19.7. The maximum atomic E-state index is 12.7. The molecule has 4 rings (SSSR count). The number of piperidine rings is 1. The van der Waals surface area contributed by atoms with Crippen molar-refractivity contribution in [2.75, 3.05) is 44.9 Å². The predicted molar refractivity (Wildman–Crippen MR) is 109 cm³/mol. The van der Waals surface area contributed by atoms with E-state index in [4.69, 9.17) is 14.5 Å². The van der Waals surface area contributed by atoms with Gasteiger partial charge in [0.1, 0.15) is 5.39 Å². The average molecular weight is 399 g/mol. The van der Waals surface area contributed by atoms with Crippen molar-refractivity contribution in [1.82, 2.24) is 19.7 Å². The van der Waals surface area contributed by atoms with Crippen molar-refractivity contribution in [3.8, 4) is 5.69 Å². The molecule has 1 aliphatic rings. The molecule has 0 amide bonds. The van der Waals surface area contributed by atoms with E-state index >= 15 is 0 Å². The number of hydrogen-bond acceptors (Lipinski definition) is 7. The molecule has 3 aromatic rings. The van der Waals surface area contributed by atoms with Gasteiger partial charge in [-0.2, -0.15) is 10.1 Å². The highest BCUT2D eigenvalue weighted by Gasteiger charge is 2.29. The van der Waals surface area contributed by atoms with Gasteiger partial charge < -0.3 is 19.5 Å². The summed E-state index contributed by atoms with van der Waals surface area (Å²) in [5.41, 5.74) is 1.09. The van der Waals surface area contributed by atoms with Gasteiger partial charge >= 0.3 is 0 Å². The highest BCUT2D eigenvalue weighted by molar-refractivity contribution is 5.76. The van der Waals surface area contributed by atoms with Crippen LogP contribution in [0.15, 0.2) is 41.3 Å². The molecule has 0 aliphatic carbocycles. The lowest BCUT2D eigenvalue weighted by atomic mass is 9.97. The number of ether oxygens (including phenoxy) is 2. The number of para-hydroxylation sites is 1. The van der Waals surface area contributed by atoms with Gasteiger partial charge in [-0.3, -0.25) is 9.78 Å². The largest absolute Gasteiger partial charge is 0.396 e. The van der Waals surface area contributed by atoms with Crippen LogP contribution >= 0.6 is 0 Å². The maximum Gasteiger partial charge on any atom is 0.263 e. The molecule has 1 fully saturated rings. The molecular formula is C20H25N5O4. The van der Waals surface area contributed by atoms with Gasteiger partial charge in [0.15, 0.2) is 5.65 Å². The Balaban J connectivity index is 1.66. The first-order valence-corrected chi connectivity index (χ1v) is 9.69. The van der Waals surface area contributed by atoms with Gasteiger partial charge in [-0.05, 0) is 18.6 Å². The minimum Gasteiger partial charge on any atom is -0.396 e. The topological polar surface area (TPSA) is 106 Å². The minimum absolute atomic E-state index is 0.0383. The Morgan fingerprint density at radius 1 is 1.24 bits per heavy atom. The number of aliphatic hydroxyl groups excluding tert-OH is 1. The Labute approximate surface area is 167 Å². The van der Waals surface area contributed by atoms with Crippen LogP contribution in [0.25, 0.3) is 16.7 Å². The van der Waals surface area contributed by atoms with E-state index in [0.717, 1.165) is 12.1 Å². The molecule has 29 heavy (non-hydrogen) atoms. The van der Waals surface area contributed by atoms with Gasteiger partial charge in [0.2, 0.25) is 5.95 Å². The second kappa shape index (κ2) is 8.73. The lowest BCUT2D eigenvalue weighted by molar-refractivity contribution is -0.00419. The van der Waals surface area contributed by atoms with Gasteiger partial charge in [0.05, 0.1) is 31.2 Å². The fourth-order valence-electron chi connectivity index (χ4n) is 3.69. The Bertz CT molecular complexity index is 1000. The van der Waals surface area contributed by atoms with E-state index in [1.165, 1.54) is 6.20 Å². The molecule has 9 nitrogen and oxygen atoms in total. The monoisotopic (exact) mass is 399 g/mol. The summed E-state index contributed by atoms with van der Waals surface area (Å²) < 4.78 is 12.6. The first-order valence-electron chi connectivity index (χ1n) is 9.69. The molecule has 0 spiro atoms. The van der Waals surface area contributed by atoms with E-state index < -0.39 is 0 Å². The van der Waals surface area contributed by atoms with Crippen LogP contribution in [-0.2, 0) is 9.47 Å². The summed E-state index contributed by atoms with van der Waals surface area (Å²) in [5.74, 6) is 0.495. The molecule has 0 radical (unpaired) electrons. The maximum absolute atomic E-state index is 12.7. The standard InChI is InChI=1S/C20H25N5O4/c1-28-7-8-29-16-9-14(13-26)11-24(12-16)20-22-18-17(19(27)23-20)10-21-25(18)15-5-3-2-4-6-15/h2-6,10,14,16,26H,7-9,11-13H2,1H3,(H,22,23,27). The highest BCUT2D eigenvalue weighted by Crippen LogP contribution is 2.23. The lowest BCUT2D eigenvalue weighted by Crippen LogP contribution is -2.46. The fourth-order valence-corrected chi connectivity index (χ4v) is 3.69. The van der Waals surface area contributed by atoms with Crippen LogP contribution < -0.4 is 10.5 Å². The third kappa shape index (κ3) is 4.16. The zero-order valence-electron chi connectivity index (χ0n) is 16.3. The quantitative estimate of drug-likeness (QED) is 0.570. The van der Waals surface area contributed by atoms with Crippen LogP contribution in [-0.4, -0.2) is 71.0 Å². The zero-order valence-corrected chi connectivity index (χ0v) is 16.3. The number of aromatic nitrogens is 4. The first kappa shape index (κ1) is 19.6. The second-order valence-electron chi connectivity index (χ2n) is 7.19. The Morgan fingerprint density at radius 2 is 2.07 bits per heavy atom. The smallest absolute Gasteiger partial charge is 0.263 e. The van der Waals surface area contributed by atoms with Crippen molar-refractivity contribution in [1.29, 1.82) is 0 Å². The number of nitrogens with zero attached hydrogens (tertiary/aromatic N) is 4. The van der Waals surface area contributed by atoms with Crippen molar-refractivity contribution in [2.45, 2.75) is 12.5 Å². The van der Waals surface area contributed by atoms with Gasteiger partial charge in [0, 0.05) is 32.7 Å². The van der Waals surface area contributed by atoms with Gasteiger partial charge in [-0.25, -0.2) is 4.68 Å². The van der Waals surface area contributed by atoms with E-state index in [2.05, 4.69) is 10.1 Å². The summed E-state index contributed by atoms with van der Waals surface area (Å²) in [6.07, 6.45) is 2.21. The first-order chi connectivity index (χ1) is 14.2. The van der Waals surface area contributed by atoms with Crippen molar-refractivity contribution < 1.29 is 14.6 Å². The zero-order chi connectivity index (χ0) is 20.2. The SMILES string of the molecule is COCCOC1CC(CO)CN(c2nc3c(cnn3-c3ccccc3)c(=O)[nH]2)C1. The molecule has 1 saturated heterocycles. The molecule has 2 N–H and O–H groups in total. The van der Waals surface area contributed by atoms with E-state index in [1.807, 2.05) is 35.2 Å². The summed E-state index contributed by atoms with van der Waals surface area (Å²) in [4.78, 5) is 22.2. The third-order valence-corrected chi connectivity index (χ3v) is 5.12. The predicted octanol–water partition coefficient (Wildman–Crippen LogP) is 0.959. The molecule has 2 aromatic heterocycles. The summed E-state index contributed by atoms with van der Waals surface area (Å²) in [5, 5.41) is 14.5. The highest BCUT2D eigenvalue weighted by atomic mass is 16.5. The van der Waals surface area contributed by atoms with E-state index in [-0.39, 0.29) is 24.2 Å². The molecule has 9 heteroatoms. The van der Waals surface area contributed by atoms with Crippen molar-refractivity contribution >= 4 is 17.0 Å². The van der Waals surface area contributed by atoms with Gasteiger partial charge in [0.25, 0.3) is 5.56 Å². The molecule has 0 saturated carbocycles. The molecule has 1 aliphatic heterocycles. The van der Waals surface area contributed by atoms with Crippen LogP contribution in [0.1, 0.15) is 6.42 Å². The summed E-state index contributed by atoms with van der Waals surface area (Å²) in [6, 6.07) is 9.58. The lowest BCUT2D eigenvalue weighted by Gasteiger charge is -2.37. The van der Waals surface area contributed by atoms with E-state index in [0.29, 0.717) is 43.3 Å². The van der Waals surface area contributed by atoms with E-state index in [1.54, 1.807) is 11.8 Å². The Kier molecular flexibility index (Phi) is 5.89.